The van der Waals surface area contributed by atoms with Gasteiger partial charge >= 0.3 is 0 Å². The van der Waals surface area contributed by atoms with Crippen molar-refractivity contribution in [2.45, 2.75) is 25.7 Å². The standard InChI is InChI=1S/C9H11N/c10-8-9-6-4-2-1-3-5-7-9/h4,6-7H,1-3,5H2. The molecule has 0 amide bonds. The van der Waals surface area contributed by atoms with Crippen LogP contribution in [0.15, 0.2) is 23.8 Å². The molecule has 1 heteroatoms. The lowest BCUT2D eigenvalue weighted by Gasteiger charge is -1.97. The third-order valence-corrected chi connectivity index (χ3v) is 1.62. The number of rotatable bonds is 0. The topological polar surface area (TPSA) is 23.8 Å². The Morgan fingerprint density at radius 2 is 2.10 bits per heavy atom. The van der Waals surface area contributed by atoms with Gasteiger partial charge in [0.2, 0.25) is 0 Å². The summed E-state index contributed by atoms with van der Waals surface area (Å²) in [5.41, 5.74) is 0.819. The molecular weight excluding hydrogens is 122 g/mol. The van der Waals surface area contributed by atoms with E-state index in [1.807, 2.05) is 12.2 Å². The van der Waals surface area contributed by atoms with E-state index in [-0.39, 0.29) is 0 Å². The molecule has 0 N–H and O–H groups in total. The molecule has 0 aromatic carbocycles. The molecular formula is C9H11N. The average molecular weight is 133 g/mol. The van der Waals surface area contributed by atoms with Crippen LogP contribution in [0.25, 0.3) is 0 Å². The number of allylic oxidation sites excluding steroid dienone is 4. The van der Waals surface area contributed by atoms with Crippen LogP contribution in [0, 0.1) is 11.3 Å². The fraction of sp³-hybridized carbons (Fsp3) is 0.444. The Balaban J connectivity index is 2.61. The summed E-state index contributed by atoms with van der Waals surface area (Å²) in [6.45, 7) is 0. The first-order valence-corrected chi connectivity index (χ1v) is 3.70. The zero-order valence-electron chi connectivity index (χ0n) is 6.01. The maximum atomic E-state index is 8.54. The van der Waals surface area contributed by atoms with Crippen LogP contribution in [0.5, 0.6) is 0 Å². The largest absolute Gasteiger partial charge is 0.192 e. The Hall–Kier alpha value is -1.03. The lowest BCUT2D eigenvalue weighted by Crippen LogP contribution is -1.80. The van der Waals surface area contributed by atoms with Crippen molar-refractivity contribution >= 4 is 0 Å². The first-order valence-electron chi connectivity index (χ1n) is 3.70. The molecule has 0 heterocycles. The summed E-state index contributed by atoms with van der Waals surface area (Å²) >= 11 is 0. The molecule has 0 radical (unpaired) electrons. The van der Waals surface area contributed by atoms with Gasteiger partial charge in [0.05, 0.1) is 6.07 Å². The fourth-order valence-electron chi connectivity index (χ4n) is 1.03. The molecule has 1 aliphatic carbocycles. The van der Waals surface area contributed by atoms with Crippen molar-refractivity contribution in [2.75, 3.05) is 0 Å². The highest BCUT2D eigenvalue weighted by Crippen LogP contribution is 2.09. The monoisotopic (exact) mass is 133 g/mol. The Labute approximate surface area is 61.7 Å². The molecule has 0 spiro atoms. The first kappa shape index (κ1) is 7.08. The highest BCUT2D eigenvalue weighted by molar-refractivity contribution is 5.32. The van der Waals surface area contributed by atoms with Gasteiger partial charge in [-0.05, 0) is 31.8 Å². The van der Waals surface area contributed by atoms with E-state index in [9.17, 15) is 0 Å². The SMILES string of the molecule is N#CC1=CCCCCC=C1. The number of nitriles is 1. The molecule has 1 rings (SSSR count). The summed E-state index contributed by atoms with van der Waals surface area (Å²) in [4.78, 5) is 0. The zero-order chi connectivity index (χ0) is 7.23. The molecule has 0 unspecified atom stereocenters. The molecule has 10 heavy (non-hydrogen) atoms. The summed E-state index contributed by atoms with van der Waals surface area (Å²) in [6.07, 6.45) is 10.7. The maximum Gasteiger partial charge on any atom is 0.0988 e. The Kier molecular flexibility index (Phi) is 2.76. The van der Waals surface area contributed by atoms with E-state index in [1.165, 1.54) is 12.8 Å². The predicted octanol–water partition coefficient (Wildman–Crippen LogP) is 2.57. The second-order valence-corrected chi connectivity index (χ2v) is 2.46. The van der Waals surface area contributed by atoms with Gasteiger partial charge in [-0.25, -0.2) is 0 Å². The maximum absolute atomic E-state index is 8.54. The van der Waals surface area contributed by atoms with Crippen LogP contribution in [0.4, 0.5) is 0 Å². The molecule has 1 nitrogen and oxygen atoms in total. The van der Waals surface area contributed by atoms with Crippen molar-refractivity contribution < 1.29 is 0 Å². The number of hydrogen-bond donors (Lipinski definition) is 0. The lowest BCUT2D eigenvalue weighted by molar-refractivity contribution is 0.756. The molecule has 52 valence electrons. The van der Waals surface area contributed by atoms with Crippen molar-refractivity contribution in [2.24, 2.45) is 0 Å². The van der Waals surface area contributed by atoms with Crippen LogP contribution in [-0.2, 0) is 0 Å². The molecule has 0 saturated heterocycles. The van der Waals surface area contributed by atoms with Crippen molar-refractivity contribution in [3.63, 3.8) is 0 Å². The van der Waals surface area contributed by atoms with Gasteiger partial charge in [-0.15, -0.1) is 0 Å². The first-order chi connectivity index (χ1) is 4.93. The van der Waals surface area contributed by atoms with E-state index >= 15 is 0 Å². The minimum atomic E-state index is 0.819. The predicted molar refractivity (Wildman–Crippen MR) is 41.3 cm³/mol. The summed E-state index contributed by atoms with van der Waals surface area (Å²) in [5, 5.41) is 8.54. The van der Waals surface area contributed by atoms with E-state index in [2.05, 4.69) is 12.1 Å². The Bertz CT molecular complexity index is 193. The molecule has 1 aliphatic rings. The summed E-state index contributed by atoms with van der Waals surface area (Å²) in [5.74, 6) is 0. The molecule has 0 atom stereocenters. The summed E-state index contributed by atoms with van der Waals surface area (Å²) < 4.78 is 0. The quantitative estimate of drug-likeness (QED) is 0.498. The molecule has 0 fully saturated rings. The van der Waals surface area contributed by atoms with Gasteiger partial charge in [-0.3, -0.25) is 0 Å². The van der Waals surface area contributed by atoms with Crippen LogP contribution >= 0.6 is 0 Å². The van der Waals surface area contributed by atoms with Gasteiger partial charge in [0.25, 0.3) is 0 Å². The van der Waals surface area contributed by atoms with Gasteiger partial charge in [0, 0.05) is 5.57 Å². The minimum absolute atomic E-state index is 0.819. The van der Waals surface area contributed by atoms with Crippen LogP contribution in [0.3, 0.4) is 0 Å². The smallest absolute Gasteiger partial charge is 0.0988 e. The van der Waals surface area contributed by atoms with Crippen LogP contribution in [-0.4, -0.2) is 0 Å². The molecule has 0 aliphatic heterocycles. The normalized spacial score (nSPS) is 18.5. The Morgan fingerprint density at radius 3 is 2.90 bits per heavy atom. The minimum Gasteiger partial charge on any atom is -0.192 e. The van der Waals surface area contributed by atoms with Crippen molar-refractivity contribution in [1.82, 2.24) is 0 Å². The Morgan fingerprint density at radius 1 is 1.30 bits per heavy atom. The van der Waals surface area contributed by atoms with Gasteiger partial charge in [-0.1, -0.05) is 12.2 Å². The van der Waals surface area contributed by atoms with Gasteiger partial charge in [-0.2, -0.15) is 5.26 Å². The van der Waals surface area contributed by atoms with E-state index in [0.29, 0.717) is 0 Å². The van der Waals surface area contributed by atoms with Crippen LogP contribution in [0.1, 0.15) is 25.7 Å². The molecule has 0 aromatic rings. The van der Waals surface area contributed by atoms with Crippen molar-refractivity contribution in [3.8, 4) is 6.07 Å². The number of hydrogen-bond acceptors (Lipinski definition) is 1. The van der Waals surface area contributed by atoms with Crippen molar-refractivity contribution in [3.05, 3.63) is 23.8 Å². The highest BCUT2D eigenvalue weighted by Gasteiger charge is 1.92. The second kappa shape index (κ2) is 3.90. The van der Waals surface area contributed by atoms with Crippen molar-refractivity contribution in [1.29, 1.82) is 5.26 Å². The fourth-order valence-corrected chi connectivity index (χ4v) is 1.03. The second-order valence-electron chi connectivity index (χ2n) is 2.46. The van der Waals surface area contributed by atoms with Crippen LogP contribution < -0.4 is 0 Å². The third-order valence-electron chi connectivity index (χ3n) is 1.62. The van der Waals surface area contributed by atoms with Gasteiger partial charge in [0.15, 0.2) is 0 Å². The lowest BCUT2D eigenvalue weighted by atomic mass is 10.1. The van der Waals surface area contributed by atoms with E-state index < -0.39 is 0 Å². The van der Waals surface area contributed by atoms with Crippen LogP contribution in [0.2, 0.25) is 0 Å². The van der Waals surface area contributed by atoms with Gasteiger partial charge in [0.1, 0.15) is 0 Å². The third kappa shape index (κ3) is 2.06. The molecule has 0 saturated carbocycles. The summed E-state index contributed by atoms with van der Waals surface area (Å²) in [7, 11) is 0. The number of nitrogens with zero attached hydrogens (tertiary/aromatic N) is 1. The van der Waals surface area contributed by atoms with E-state index in [4.69, 9.17) is 5.26 Å². The summed E-state index contributed by atoms with van der Waals surface area (Å²) in [6, 6.07) is 2.15. The zero-order valence-corrected chi connectivity index (χ0v) is 6.01. The van der Waals surface area contributed by atoms with E-state index in [1.54, 1.807) is 0 Å². The average Bonchev–Trinajstić information content (AvgIpc) is 1.87. The molecule has 0 aromatic heterocycles. The molecule has 0 bridgehead atoms. The highest BCUT2D eigenvalue weighted by atomic mass is 14.2. The van der Waals surface area contributed by atoms with E-state index in [0.717, 1.165) is 18.4 Å². The van der Waals surface area contributed by atoms with Gasteiger partial charge < -0.3 is 0 Å².